The molecule has 0 fully saturated rings. The van der Waals surface area contributed by atoms with Crippen LogP contribution in [-0.2, 0) is 11.8 Å². The molecule has 0 saturated carbocycles. The van der Waals surface area contributed by atoms with Crippen molar-refractivity contribution in [2.45, 2.75) is 87.5 Å². The lowest BCUT2D eigenvalue weighted by Gasteiger charge is -2.19. The van der Waals surface area contributed by atoms with Crippen LogP contribution in [0.15, 0.2) is 24.3 Å². The van der Waals surface area contributed by atoms with E-state index in [1.54, 1.807) is 0 Å². The highest BCUT2D eigenvalue weighted by Gasteiger charge is 2.12. The lowest BCUT2D eigenvalue weighted by atomic mass is 9.86. The molecule has 1 aromatic rings. The molecule has 0 nitrogen and oxygen atoms in total. The van der Waals surface area contributed by atoms with Crippen molar-refractivity contribution in [2.75, 3.05) is 0 Å². The van der Waals surface area contributed by atoms with Gasteiger partial charge in [-0.25, -0.2) is 0 Å². The number of aryl methyl sites for hydroxylation is 1. The van der Waals surface area contributed by atoms with E-state index in [9.17, 15) is 0 Å². The van der Waals surface area contributed by atoms with E-state index in [-0.39, 0.29) is 5.41 Å². The average molecular weight is 267 g/mol. The Balaban J connectivity index is -0.000000375. The number of benzene rings is 1. The van der Waals surface area contributed by atoms with Crippen molar-refractivity contribution < 1.29 is 0 Å². The molecule has 19 heavy (non-hydrogen) atoms. The molecule has 0 heterocycles. The minimum atomic E-state index is 0.281. The maximum absolute atomic E-state index is 2.34. The summed E-state index contributed by atoms with van der Waals surface area (Å²) in [6.45, 7) is 21.0. The first-order chi connectivity index (χ1) is 9.04. The molecule has 0 N–H and O–H groups in total. The fourth-order valence-electron chi connectivity index (χ4n) is 1.48. The zero-order chi connectivity index (χ0) is 15.9. The van der Waals surface area contributed by atoms with Crippen molar-refractivity contribution in [2.24, 2.45) is 0 Å². The predicted octanol–water partition coefficient (Wildman–Crippen LogP) is 7.02. The van der Waals surface area contributed by atoms with E-state index in [4.69, 9.17) is 0 Å². The lowest BCUT2D eigenvalue weighted by molar-refractivity contribution is 0.589. The second-order valence-corrected chi connectivity index (χ2v) is 4.70. The Morgan fingerprint density at radius 2 is 1.32 bits per heavy atom. The van der Waals surface area contributed by atoms with Crippen molar-refractivity contribution in [1.82, 2.24) is 0 Å². The second-order valence-electron chi connectivity index (χ2n) is 4.70. The Morgan fingerprint density at radius 1 is 0.842 bits per heavy atom. The van der Waals surface area contributed by atoms with Crippen LogP contribution in [0.2, 0.25) is 0 Å². The molecule has 0 aliphatic carbocycles. The van der Waals surface area contributed by atoms with Gasteiger partial charge in [0.25, 0.3) is 0 Å². The molecule has 0 radical (unpaired) electrons. The first kappa shape index (κ1) is 23.3. The Bertz CT molecular complexity index is 266. The molecule has 0 bridgehead atoms. The fourth-order valence-corrected chi connectivity index (χ4v) is 1.48. The first-order valence-electron chi connectivity index (χ1n) is 8.13. The zero-order valence-electron chi connectivity index (χ0n) is 15.2. The highest BCUT2D eigenvalue weighted by molar-refractivity contribution is 5.28. The van der Waals surface area contributed by atoms with Gasteiger partial charge < -0.3 is 0 Å². The van der Waals surface area contributed by atoms with Gasteiger partial charge in [-0.05, 0) is 23.0 Å². The average Bonchev–Trinajstić information content (AvgIpc) is 2.45. The van der Waals surface area contributed by atoms with Crippen LogP contribution >= 0.6 is 0 Å². The Hall–Kier alpha value is -0.780. The van der Waals surface area contributed by atoms with Gasteiger partial charge in [0.2, 0.25) is 0 Å². The van der Waals surface area contributed by atoms with Gasteiger partial charge in [0.1, 0.15) is 0 Å². The third kappa shape index (κ3) is 12.0. The maximum atomic E-state index is 2.34. The lowest BCUT2D eigenvalue weighted by Crippen LogP contribution is -2.11. The molecular weight excluding hydrogens is 228 g/mol. The number of hydrogen-bond acceptors (Lipinski definition) is 0. The standard InChI is InChI=1S/C13H20.3C2H6/c1-5-7-11-8-6-9-12(10-11)13(2,3)4;3*1-2/h6,8-10H,5,7H2,1-4H3;3*1-2H3. The minimum Gasteiger partial charge on any atom is -0.0683 e. The summed E-state index contributed by atoms with van der Waals surface area (Å²) in [5.41, 5.74) is 3.19. The monoisotopic (exact) mass is 266 g/mol. The molecule has 1 rings (SSSR count). The van der Waals surface area contributed by atoms with Crippen molar-refractivity contribution >= 4 is 0 Å². The predicted molar refractivity (Wildman–Crippen MR) is 93.2 cm³/mol. The van der Waals surface area contributed by atoms with E-state index in [1.165, 1.54) is 24.0 Å². The summed E-state index contributed by atoms with van der Waals surface area (Å²) in [7, 11) is 0. The van der Waals surface area contributed by atoms with Crippen LogP contribution in [0.1, 0.15) is 86.8 Å². The van der Waals surface area contributed by atoms with Crippen LogP contribution in [0.3, 0.4) is 0 Å². The fraction of sp³-hybridized carbons (Fsp3) is 0.684. The molecule has 1 aromatic carbocycles. The quantitative estimate of drug-likeness (QED) is 0.539. The molecule has 0 spiro atoms. The summed E-state index contributed by atoms with van der Waals surface area (Å²) in [6, 6.07) is 8.95. The molecule has 0 saturated heterocycles. The summed E-state index contributed by atoms with van der Waals surface area (Å²) < 4.78 is 0. The first-order valence-corrected chi connectivity index (χ1v) is 8.13. The molecule has 0 aromatic heterocycles. The smallest absolute Gasteiger partial charge is 0.0132 e. The number of rotatable bonds is 2. The summed E-state index contributed by atoms with van der Waals surface area (Å²) in [5.74, 6) is 0. The molecule has 114 valence electrons. The van der Waals surface area contributed by atoms with Gasteiger partial charge in [0, 0.05) is 0 Å². The molecule has 0 aliphatic heterocycles. The normalized spacial score (nSPS) is 8.95. The van der Waals surface area contributed by atoms with Gasteiger partial charge in [-0.3, -0.25) is 0 Å². The van der Waals surface area contributed by atoms with Crippen molar-refractivity contribution in [3.05, 3.63) is 35.4 Å². The van der Waals surface area contributed by atoms with Crippen LogP contribution in [-0.4, -0.2) is 0 Å². The molecular formula is C19H38. The topological polar surface area (TPSA) is 0 Å². The van der Waals surface area contributed by atoms with Gasteiger partial charge in [-0.2, -0.15) is 0 Å². The Labute approximate surface area is 123 Å². The van der Waals surface area contributed by atoms with Gasteiger partial charge >= 0.3 is 0 Å². The van der Waals surface area contributed by atoms with Gasteiger partial charge in [0.15, 0.2) is 0 Å². The van der Waals surface area contributed by atoms with Crippen molar-refractivity contribution in [1.29, 1.82) is 0 Å². The largest absolute Gasteiger partial charge is 0.0683 e. The van der Waals surface area contributed by atoms with E-state index in [0.29, 0.717) is 0 Å². The second kappa shape index (κ2) is 15.3. The summed E-state index contributed by atoms with van der Waals surface area (Å²) in [5, 5.41) is 0. The van der Waals surface area contributed by atoms with E-state index in [2.05, 4.69) is 52.0 Å². The highest BCUT2D eigenvalue weighted by Crippen LogP contribution is 2.23. The van der Waals surface area contributed by atoms with Crippen molar-refractivity contribution in [3.63, 3.8) is 0 Å². The molecule has 0 aliphatic rings. The third-order valence-corrected chi connectivity index (χ3v) is 2.33. The van der Waals surface area contributed by atoms with E-state index >= 15 is 0 Å². The highest BCUT2D eigenvalue weighted by atomic mass is 14.2. The molecule has 0 atom stereocenters. The summed E-state index contributed by atoms with van der Waals surface area (Å²) in [6.07, 6.45) is 2.43. The van der Waals surface area contributed by atoms with E-state index in [1.807, 2.05) is 41.5 Å². The summed E-state index contributed by atoms with van der Waals surface area (Å²) in [4.78, 5) is 0. The molecule has 0 amide bonds. The van der Waals surface area contributed by atoms with Crippen LogP contribution in [0, 0.1) is 0 Å². The SMILES string of the molecule is CC.CC.CC.CCCc1cccc(C(C)(C)C)c1. The van der Waals surface area contributed by atoms with Crippen LogP contribution in [0.4, 0.5) is 0 Å². The minimum absolute atomic E-state index is 0.281. The number of hydrogen-bond donors (Lipinski definition) is 0. The van der Waals surface area contributed by atoms with Crippen molar-refractivity contribution in [3.8, 4) is 0 Å². The Morgan fingerprint density at radius 3 is 1.68 bits per heavy atom. The van der Waals surface area contributed by atoms with Gasteiger partial charge in [-0.15, -0.1) is 0 Å². The molecule has 0 heteroatoms. The van der Waals surface area contributed by atoms with E-state index < -0.39 is 0 Å². The molecule has 0 unspecified atom stereocenters. The van der Waals surface area contributed by atoms with Crippen LogP contribution in [0.25, 0.3) is 0 Å². The summed E-state index contributed by atoms with van der Waals surface area (Å²) >= 11 is 0. The maximum Gasteiger partial charge on any atom is -0.0132 e. The zero-order valence-corrected chi connectivity index (χ0v) is 15.2. The van der Waals surface area contributed by atoms with Crippen LogP contribution < -0.4 is 0 Å². The van der Waals surface area contributed by atoms with E-state index in [0.717, 1.165) is 0 Å². The van der Waals surface area contributed by atoms with Gasteiger partial charge in [-0.1, -0.05) is 99.9 Å². The van der Waals surface area contributed by atoms with Crippen LogP contribution in [0.5, 0.6) is 0 Å². The Kier molecular flexibility index (Phi) is 18.8. The van der Waals surface area contributed by atoms with Gasteiger partial charge in [0.05, 0.1) is 0 Å². The third-order valence-electron chi connectivity index (χ3n) is 2.33.